The van der Waals surface area contributed by atoms with Gasteiger partial charge < -0.3 is 15.7 Å². The van der Waals surface area contributed by atoms with Crippen molar-refractivity contribution in [2.45, 2.75) is 26.7 Å². The lowest BCUT2D eigenvalue weighted by molar-refractivity contribution is 0.318. The van der Waals surface area contributed by atoms with E-state index in [1.807, 2.05) is 13.0 Å². The molecule has 110 valence electrons. The average Bonchev–Trinajstić information content (AvgIpc) is 2.47. The van der Waals surface area contributed by atoms with Gasteiger partial charge in [0.2, 0.25) is 0 Å². The van der Waals surface area contributed by atoms with E-state index in [0.717, 1.165) is 16.9 Å². The Morgan fingerprint density at radius 3 is 2.71 bits per heavy atom. The lowest BCUT2D eigenvalue weighted by Gasteiger charge is -2.16. The van der Waals surface area contributed by atoms with Crippen molar-refractivity contribution >= 4 is 5.84 Å². The van der Waals surface area contributed by atoms with Crippen molar-refractivity contribution in [3.05, 3.63) is 53.3 Å². The first-order chi connectivity index (χ1) is 10.0. The molecule has 0 aliphatic heterocycles. The third kappa shape index (κ3) is 3.31. The first kappa shape index (κ1) is 14.8. The van der Waals surface area contributed by atoms with Crippen LogP contribution >= 0.6 is 0 Å². The number of ether oxygens (including phenoxy) is 1. The highest BCUT2D eigenvalue weighted by Gasteiger charge is 2.13. The van der Waals surface area contributed by atoms with Gasteiger partial charge in [-0.15, -0.1) is 0 Å². The minimum absolute atomic E-state index is 0.00819. The molecule has 0 fully saturated rings. The van der Waals surface area contributed by atoms with E-state index in [4.69, 9.17) is 15.7 Å². The number of amidine groups is 1. The summed E-state index contributed by atoms with van der Waals surface area (Å²) in [5.74, 6) is 1.53. The molecule has 1 aromatic carbocycles. The van der Waals surface area contributed by atoms with Crippen LogP contribution in [0, 0.1) is 6.92 Å². The number of aromatic nitrogens is 1. The number of hydrogen-bond donors (Lipinski definition) is 2. The zero-order chi connectivity index (χ0) is 15.4. The molecule has 0 saturated heterocycles. The summed E-state index contributed by atoms with van der Waals surface area (Å²) in [6, 6.07) is 7.72. The number of hydrogen-bond acceptors (Lipinski definition) is 4. The van der Waals surface area contributed by atoms with Crippen LogP contribution in [-0.4, -0.2) is 16.0 Å². The predicted molar refractivity (Wildman–Crippen MR) is 82.1 cm³/mol. The van der Waals surface area contributed by atoms with Crippen molar-refractivity contribution in [3.63, 3.8) is 0 Å². The van der Waals surface area contributed by atoms with E-state index in [0.29, 0.717) is 17.2 Å². The number of oxime groups is 1. The number of benzene rings is 1. The monoisotopic (exact) mass is 285 g/mol. The van der Waals surface area contributed by atoms with Gasteiger partial charge in [-0.25, -0.2) is 0 Å². The molecule has 5 nitrogen and oxygen atoms in total. The van der Waals surface area contributed by atoms with Crippen LogP contribution in [0.1, 0.15) is 36.5 Å². The quantitative estimate of drug-likeness (QED) is 0.390. The molecular weight excluding hydrogens is 266 g/mol. The highest BCUT2D eigenvalue weighted by atomic mass is 16.5. The van der Waals surface area contributed by atoms with Crippen LogP contribution in [-0.2, 0) is 0 Å². The molecule has 0 aliphatic carbocycles. The Balaban J connectivity index is 2.46. The largest absolute Gasteiger partial charge is 0.455 e. The molecule has 0 aliphatic rings. The number of nitrogens with two attached hydrogens (primary N) is 1. The van der Waals surface area contributed by atoms with Gasteiger partial charge in [-0.2, -0.15) is 0 Å². The fourth-order valence-corrected chi connectivity index (χ4v) is 2.05. The van der Waals surface area contributed by atoms with E-state index in [9.17, 15) is 0 Å². The fraction of sp³-hybridized carbons (Fsp3) is 0.250. The average molecular weight is 285 g/mol. The summed E-state index contributed by atoms with van der Waals surface area (Å²) in [4.78, 5) is 4.04. The minimum Gasteiger partial charge on any atom is -0.455 e. The molecule has 0 spiro atoms. The van der Waals surface area contributed by atoms with Crippen molar-refractivity contribution in [3.8, 4) is 11.5 Å². The standard InChI is InChI=1S/C16H19N3O2/c1-10(2)12-5-4-11(3)8-14(12)21-15-9-18-7-6-13(15)16(17)19-20/h4-10,20H,1-3H3,(H2,17,19). The van der Waals surface area contributed by atoms with Crippen molar-refractivity contribution in [2.75, 3.05) is 0 Å². The van der Waals surface area contributed by atoms with Crippen LogP contribution in [0.15, 0.2) is 41.8 Å². The maximum Gasteiger partial charge on any atom is 0.173 e. The first-order valence-corrected chi connectivity index (χ1v) is 6.73. The Morgan fingerprint density at radius 1 is 1.29 bits per heavy atom. The molecule has 0 atom stereocenters. The highest BCUT2D eigenvalue weighted by Crippen LogP contribution is 2.32. The van der Waals surface area contributed by atoms with Gasteiger partial charge in [0.1, 0.15) is 5.75 Å². The lowest BCUT2D eigenvalue weighted by atomic mass is 10.0. The summed E-state index contributed by atoms with van der Waals surface area (Å²) >= 11 is 0. The smallest absolute Gasteiger partial charge is 0.173 e. The predicted octanol–water partition coefficient (Wildman–Crippen LogP) is 3.40. The van der Waals surface area contributed by atoms with Crippen molar-refractivity contribution in [1.29, 1.82) is 0 Å². The molecule has 0 radical (unpaired) electrons. The molecule has 0 unspecified atom stereocenters. The van der Waals surface area contributed by atoms with Crippen LogP contribution in [0.4, 0.5) is 0 Å². The fourth-order valence-electron chi connectivity index (χ4n) is 2.05. The van der Waals surface area contributed by atoms with Crippen molar-refractivity contribution in [1.82, 2.24) is 4.98 Å². The van der Waals surface area contributed by atoms with E-state index in [1.54, 1.807) is 18.5 Å². The van der Waals surface area contributed by atoms with Gasteiger partial charge in [0, 0.05) is 6.20 Å². The first-order valence-electron chi connectivity index (χ1n) is 6.73. The topological polar surface area (TPSA) is 80.7 Å². The van der Waals surface area contributed by atoms with E-state index in [2.05, 4.69) is 36.1 Å². The second-order valence-electron chi connectivity index (χ2n) is 5.16. The van der Waals surface area contributed by atoms with Crippen LogP contribution < -0.4 is 10.5 Å². The van der Waals surface area contributed by atoms with Crippen LogP contribution in [0.2, 0.25) is 0 Å². The Labute approximate surface area is 124 Å². The second kappa shape index (κ2) is 6.26. The van der Waals surface area contributed by atoms with Gasteiger partial charge in [-0.05, 0) is 36.1 Å². The molecule has 2 aromatic rings. The molecule has 5 heteroatoms. The minimum atomic E-state index is -0.00819. The number of pyridine rings is 1. The van der Waals surface area contributed by atoms with Gasteiger partial charge in [-0.1, -0.05) is 31.1 Å². The van der Waals surface area contributed by atoms with Crippen LogP contribution in [0.25, 0.3) is 0 Å². The van der Waals surface area contributed by atoms with Crippen molar-refractivity contribution < 1.29 is 9.94 Å². The van der Waals surface area contributed by atoms with Crippen LogP contribution in [0.5, 0.6) is 11.5 Å². The maximum absolute atomic E-state index is 8.85. The summed E-state index contributed by atoms with van der Waals surface area (Å²) in [5, 5.41) is 11.9. The Bertz CT molecular complexity index is 666. The molecule has 21 heavy (non-hydrogen) atoms. The van der Waals surface area contributed by atoms with E-state index < -0.39 is 0 Å². The summed E-state index contributed by atoms with van der Waals surface area (Å²) in [5.41, 5.74) is 8.37. The van der Waals surface area contributed by atoms with E-state index in [-0.39, 0.29) is 5.84 Å². The summed E-state index contributed by atoms with van der Waals surface area (Å²) in [6.45, 7) is 6.21. The third-order valence-corrected chi connectivity index (χ3v) is 3.18. The summed E-state index contributed by atoms with van der Waals surface area (Å²) < 4.78 is 5.97. The molecule has 3 N–H and O–H groups in total. The van der Waals surface area contributed by atoms with Crippen LogP contribution in [0.3, 0.4) is 0 Å². The molecule has 1 heterocycles. The Kier molecular flexibility index (Phi) is 4.42. The number of nitrogens with zero attached hydrogens (tertiary/aromatic N) is 2. The van der Waals surface area contributed by atoms with E-state index >= 15 is 0 Å². The number of aryl methyl sites for hydroxylation is 1. The van der Waals surface area contributed by atoms with E-state index in [1.165, 1.54) is 0 Å². The molecule has 0 saturated carbocycles. The summed E-state index contributed by atoms with van der Waals surface area (Å²) in [6.07, 6.45) is 3.12. The SMILES string of the molecule is Cc1ccc(C(C)C)c(Oc2cnccc2/C(N)=N/O)c1. The molecule has 1 aromatic heterocycles. The summed E-state index contributed by atoms with van der Waals surface area (Å²) in [7, 11) is 0. The maximum atomic E-state index is 8.85. The zero-order valence-corrected chi connectivity index (χ0v) is 12.4. The van der Waals surface area contributed by atoms with Gasteiger partial charge in [-0.3, -0.25) is 4.98 Å². The third-order valence-electron chi connectivity index (χ3n) is 3.18. The zero-order valence-electron chi connectivity index (χ0n) is 12.4. The van der Waals surface area contributed by atoms with Gasteiger partial charge >= 0.3 is 0 Å². The molecular formula is C16H19N3O2. The van der Waals surface area contributed by atoms with Crippen molar-refractivity contribution in [2.24, 2.45) is 10.9 Å². The van der Waals surface area contributed by atoms with Gasteiger partial charge in [0.15, 0.2) is 11.6 Å². The molecule has 0 amide bonds. The number of rotatable bonds is 4. The Morgan fingerprint density at radius 2 is 2.05 bits per heavy atom. The lowest BCUT2D eigenvalue weighted by Crippen LogP contribution is -2.14. The molecule has 2 rings (SSSR count). The van der Waals surface area contributed by atoms with Gasteiger partial charge in [0.25, 0.3) is 0 Å². The Hall–Kier alpha value is -2.56. The normalized spacial score (nSPS) is 11.7. The second-order valence-corrected chi connectivity index (χ2v) is 5.16. The van der Waals surface area contributed by atoms with Gasteiger partial charge in [0.05, 0.1) is 11.8 Å². The molecule has 0 bridgehead atoms. The highest BCUT2D eigenvalue weighted by molar-refractivity contribution is 5.99.